The second kappa shape index (κ2) is 8.61. The second-order valence-electron chi connectivity index (χ2n) is 7.12. The third-order valence-corrected chi connectivity index (χ3v) is 4.20. The fraction of sp³-hybridized carbons (Fsp3) is 0.526. The third kappa shape index (κ3) is 5.56. The van der Waals surface area contributed by atoms with Gasteiger partial charge in [0, 0.05) is 13.6 Å². The zero-order valence-electron chi connectivity index (χ0n) is 15.4. The summed E-state index contributed by atoms with van der Waals surface area (Å²) in [4.78, 5) is 24.6. The Balaban J connectivity index is 2.92. The van der Waals surface area contributed by atoms with Gasteiger partial charge >= 0.3 is 0 Å². The minimum atomic E-state index is -1.03. The summed E-state index contributed by atoms with van der Waals surface area (Å²) in [7, 11) is 1.57. The minimum Gasteiger partial charge on any atom is -0.359 e. The maximum Gasteiger partial charge on any atom is 0.230 e. The van der Waals surface area contributed by atoms with E-state index in [9.17, 15) is 14.0 Å². The van der Waals surface area contributed by atoms with Gasteiger partial charge in [0.05, 0.1) is 23.0 Å². The highest BCUT2D eigenvalue weighted by Crippen LogP contribution is 2.25. The second-order valence-corrected chi connectivity index (χ2v) is 7.12. The van der Waals surface area contributed by atoms with Gasteiger partial charge in [-0.3, -0.25) is 9.59 Å². The minimum absolute atomic E-state index is 0.121. The van der Waals surface area contributed by atoms with Crippen LogP contribution < -0.4 is 10.6 Å². The van der Waals surface area contributed by atoms with Gasteiger partial charge in [0.25, 0.3) is 0 Å². The number of carbonyl (C=O) groups excluding carboxylic acids is 2. The van der Waals surface area contributed by atoms with E-state index in [0.717, 1.165) is 6.07 Å². The molecule has 0 heterocycles. The molecule has 1 rings (SSSR count). The van der Waals surface area contributed by atoms with Crippen LogP contribution in [0.3, 0.4) is 0 Å². The van der Waals surface area contributed by atoms with Crippen LogP contribution in [0, 0.1) is 29.0 Å². The number of halogens is 1. The van der Waals surface area contributed by atoms with Crippen LogP contribution in [-0.2, 0) is 15.0 Å². The molecule has 2 N–H and O–H groups in total. The molecule has 136 valence electrons. The molecule has 0 bridgehead atoms. The molecule has 0 saturated carbocycles. The van der Waals surface area contributed by atoms with Crippen molar-refractivity contribution < 1.29 is 14.0 Å². The van der Waals surface area contributed by atoms with Crippen molar-refractivity contribution in [3.8, 4) is 6.07 Å². The van der Waals surface area contributed by atoms with E-state index in [1.165, 1.54) is 12.1 Å². The largest absolute Gasteiger partial charge is 0.359 e. The van der Waals surface area contributed by atoms with Crippen LogP contribution in [0.5, 0.6) is 0 Å². The van der Waals surface area contributed by atoms with Crippen molar-refractivity contribution in [3.05, 3.63) is 35.1 Å². The summed E-state index contributed by atoms with van der Waals surface area (Å²) >= 11 is 0. The fourth-order valence-electron chi connectivity index (χ4n) is 2.64. The summed E-state index contributed by atoms with van der Waals surface area (Å²) < 4.78 is 13.7. The Bertz CT molecular complexity index is 678. The molecule has 0 unspecified atom stereocenters. The normalized spacial score (nSPS) is 12.4. The third-order valence-electron chi connectivity index (χ3n) is 4.20. The van der Waals surface area contributed by atoms with Gasteiger partial charge in [0.1, 0.15) is 5.82 Å². The quantitative estimate of drug-likeness (QED) is 0.795. The monoisotopic (exact) mass is 347 g/mol. The molecule has 25 heavy (non-hydrogen) atoms. The number of rotatable bonds is 7. The topological polar surface area (TPSA) is 82.0 Å². The van der Waals surface area contributed by atoms with Gasteiger partial charge in [0.2, 0.25) is 11.8 Å². The summed E-state index contributed by atoms with van der Waals surface area (Å²) in [6.45, 7) is 7.56. The zero-order chi connectivity index (χ0) is 19.2. The van der Waals surface area contributed by atoms with Crippen LogP contribution in [0.1, 0.15) is 45.2 Å². The highest BCUT2D eigenvalue weighted by molar-refractivity contribution is 5.88. The summed E-state index contributed by atoms with van der Waals surface area (Å²) in [5, 5.41) is 14.4. The van der Waals surface area contributed by atoms with Crippen molar-refractivity contribution in [2.24, 2.45) is 11.8 Å². The number of benzene rings is 1. The van der Waals surface area contributed by atoms with Gasteiger partial charge in [-0.15, -0.1) is 0 Å². The van der Waals surface area contributed by atoms with Gasteiger partial charge in [-0.25, -0.2) is 4.39 Å². The van der Waals surface area contributed by atoms with Crippen molar-refractivity contribution in [3.63, 3.8) is 0 Å². The smallest absolute Gasteiger partial charge is 0.230 e. The molecular weight excluding hydrogens is 321 g/mol. The molecule has 0 aromatic heterocycles. The molecule has 0 fully saturated rings. The van der Waals surface area contributed by atoms with Crippen molar-refractivity contribution in [2.45, 2.75) is 39.5 Å². The number of nitrogens with zero attached hydrogens (tertiary/aromatic N) is 1. The maximum atomic E-state index is 13.7. The maximum absolute atomic E-state index is 13.7. The Kier molecular flexibility index (Phi) is 7.10. The highest BCUT2D eigenvalue weighted by Gasteiger charge is 2.31. The summed E-state index contributed by atoms with van der Waals surface area (Å²) in [5.74, 6) is -1.01. The molecule has 0 aliphatic carbocycles. The Morgan fingerprint density at radius 2 is 1.92 bits per heavy atom. The van der Waals surface area contributed by atoms with Crippen LogP contribution in [0.25, 0.3) is 0 Å². The van der Waals surface area contributed by atoms with E-state index < -0.39 is 11.2 Å². The summed E-state index contributed by atoms with van der Waals surface area (Å²) in [5.41, 5.74) is -0.445. The molecule has 0 saturated heterocycles. The molecule has 6 heteroatoms. The van der Waals surface area contributed by atoms with Crippen LogP contribution in [0.4, 0.5) is 4.39 Å². The van der Waals surface area contributed by atoms with E-state index in [0.29, 0.717) is 17.9 Å². The lowest BCUT2D eigenvalue weighted by Gasteiger charge is -2.26. The standard InChI is InChI=1S/C19H26FN3O2/c1-12(2)6-14(17(24)22-5)11-23-18(25)19(3,4)15-7-13(10-21)8-16(20)9-15/h7-9,12,14H,6,11H2,1-5H3,(H,22,24)(H,23,25)/t14-/m0/s1. The van der Waals surface area contributed by atoms with E-state index in [1.807, 2.05) is 19.9 Å². The number of amides is 2. The molecule has 5 nitrogen and oxygen atoms in total. The van der Waals surface area contributed by atoms with E-state index in [1.54, 1.807) is 20.9 Å². The number of hydrogen-bond acceptors (Lipinski definition) is 3. The van der Waals surface area contributed by atoms with Gasteiger partial charge < -0.3 is 10.6 Å². The predicted octanol–water partition coefficient (Wildman–Crippen LogP) is 2.50. The molecule has 1 aromatic carbocycles. The molecule has 2 amide bonds. The first-order valence-electron chi connectivity index (χ1n) is 8.32. The SMILES string of the molecule is CNC(=O)[C@H](CNC(=O)C(C)(C)c1cc(F)cc(C#N)c1)CC(C)C. The Morgan fingerprint density at radius 1 is 1.28 bits per heavy atom. The average Bonchev–Trinajstić information content (AvgIpc) is 2.56. The Labute approximate surface area is 148 Å². The number of carbonyl (C=O) groups is 2. The van der Waals surface area contributed by atoms with Gasteiger partial charge in [0.15, 0.2) is 0 Å². The van der Waals surface area contributed by atoms with E-state index in [4.69, 9.17) is 5.26 Å². The lowest BCUT2D eigenvalue weighted by Crippen LogP contribution is -2.45. The molecule has 1 aromatic rings. The molecule has 0 aliphatic rings. The van der Waals surface area contributed by atoms with Gasteiger partial charge in [-0.2, -0.15) is 5.26 Å². The summed E-state index contributed by atoms with van der Waals surface area (Å²) in [6, 6.07) is 5.78. The van der Waals surface area contributed by atoms with Crippen molar-refractivity contribution in [2.75, 3.05) is 13.6 Å². The molecule has 0 spiro atoms. The van der Waals surface area contributed by atoms with Crippen LogP contribution in [-0.4, -0.2) is 25.4 Å². The van der Waals surface area contributed by atoms with E-state index in [-0.39, 0.29) is 29.8 Å². The highest BCUT2D eigenvalue weighted by atomic mass is 19.1. The molecule has 0 aliphatic heterocycles. The average molecular weight is 347 g/mol. The van der Waals surface area contributed by atoms with Gasteiger partial charge in [-0.1, -0.05) is 13.8 Å². The number of nitrogens with one attached hydrogen (secondary N) is 2. The first kappa shape index (κ1) is 20.6. The Hall–Kier alpha value is -2.42. The Morgan fingerprint density at radius 3 is 2.44 bits per heavy atom. The number of hydrogen-bond donors (Lipinski definition) is 2. The van der Waals surface area contributed by atoms with Crippen molar-refractivity contribution in [1.29, 1.82) is 5.26 Å². The first-order chi connectivity index (χ1) is 11.6. The molecule has 0 radical (unpaired) electrons. The van der Waals surface area contributed by atoms with Crippen molar-refractivity contribution in [1.82, 2.24) is 10.6 Å². The molecule has 1 atom stereocenters. The lowest BCUT2D eigenvalue weighted by atomic mass is 9.82. The van der Waals surface area contributed by atoms with Gasteiger partial charge in [-0.05, 0) is 49.9 Å². The van der Waals surface area contributed by atoms with Crippen LogP contribution in [0.2, 0.25) is 0 Å². The fourth-order valence-corrected chi connectivity index (χ4v) is 2.64. The molecular formula is C19H26FN3O2. The number of nitriles is 1. The summed E-state index contributed by atoms with van der Waals surface area (Å²) in [6.07, 6.45) is 0.652. The lowest BCUT2D eigenvalue weighted by molar-refractivity contribution is -0.127. The zero-order valence-corrected chi connectivity index (χ0v) is 15.4. The van der Waals surface area contributed by atoms with Crippen LogP contribution >= 0.6 is 0 Å². The van der Waals surface area contributed by atoms with Crippen LogP contribution in [0.15, 0.2) is 18.2 Å². The first-order valence-corrected chi connectivity index (χ1v) is 8.32. The predicted molar refractivity (Wildman–Crippen MR) is 94.2 cm³/mol. The van der Waals surface area contributed by atoms with E-state index >= 15 is 0 Å². The van der Waals surface area contributed by atoms with Crippen molar-refractivity contribution >= 4 is 11.8 Å². The van der Waals surface area contributed by atoms with E-state index in [2.05, 4.69) is 10.6 Å².